The lowest BCUT2D eigenvalue weighted by atomic mass is 10.1. The maximum atomic E-state index is 13.2. The van der Waals surface area contributed by atoms with Crippen molar-refractivity contribution in [3.05, 3.63) is 95.6 Å². The van der Waals surface area contributed by atoms with Gasteiger partial charge in [-0.1, -0.05) is 30.3 Å². The molecule has 0 bridgehead atoms. The van der Waals surface area contributed by atoms with E-state index in [4.69, 9.17) is 0 Å². The molecule has 0 aliphatic carbocycles. The maximum absolute atomic E-state index is 13.2. The van der Waals surface area contributed by atoms with Crippen LogP contribution in [0, 0.1) is 11.6 Å². The SMILES string of the molecule is CC(Nc1ccc(NC(=O)c2ccc(F)c(F)c2)cc1)c1ccccc1. The van der Waals surface area contributed by atoms with Crippen molar-refractivity contribution in [2.24, 2.45) is 0 Å². The van der Waals surface area contributed by atoms with Gasteiger partial charge in [0.05, 0.1) is 0 Å². The second kappa shape index (κ2) is 7.78. The number of anilines is 2. The van der Waals surface area contributed by atoms with Gasteiger partial charge in [0.2, 0.25) is 0 Å². The second-order valence-electron chi connectivity index (χ2n) is 5.94. The zero-order chi connectivity index (χ0) is 18.5. The number of nitrogens with one attached hydrogen (secondary N) is 2. The summed E-state index contributed by atoms with van der Waals surface area (Å²) in [6.07, 6.45) is 0. The van der Waals surface area contributed by atoms with E-state index in [9.17, 15) is 13.6 Å². The summed E-state index contributed by atoms with van der Waals surface area (Å²) in [6.45, 7) is 2.06. The minimum absolute atomic E-state index is 0.0591. The van der Waals surface area contributed by atoms with Crippen molar-refractivity contribution >= 4 is 17.3 Å². The molecule has 3 nitrogen and oxygen atoms in total. The summed E-state index contributed by atoms with van der Waals surface area (Å²) in [5.41, 5.74) is 2.71. The molecule has 1 amide bonds. The Morgan fingerprint density at radius 2 is 1.50 bits per heavy atom. The lowest BCUT2D eigenvalue weighted by Gasteiger charge is -2.16. The second-order valence-corrected chi connectivity index (χ2v) is 5.94. The van der Waals surface area contributed by atoms with E-state index in [1.807, 2.05) is 42.5 Å². The minimum atomic E-state index is -1.05. The Balaban J connectivity index is 1.64. The third-order valence-corrected chi connectivity index (χ3v) is 4.01. The fourth-order valence-electron chi connectivity index (χ4n) is 2.57. The van der Waals surface area contributed by atoms with Crippen LogP contribution >= 0.6 is 0 Å². The summed E-state index contributed by atoms with van der Waals surface area (Å²) in [7, 11) is 0. The van der Waals surface area contributed by atoms with Crippen LogP contribution in [0.3, 0.4) is 0 Å². The third-order valence-electron chi connectivity index (χ3n) is 4.01. The van der Waals surface area contributed by atoms with Crippen LogP contribution in [0.1, 0.15) is 28.9 Å². The van der Waals surface area contributed by atoms with E-state index in [-0.39, 0.29) is 11.6 Å². The molecule has 0 spiro atoms. The fourth-order valence-corrected chi connectivity index (χ4v) is 2.57. The molecular formula is C21H18F2N2O. The largest absolute Gasteiger partial charge is 0.379 e. The van der Waals surface area contributed by atoms with Crippen LogP contribution in [0.4, 0.5) is 20.2 Å². The third kappa shape index (κ3) is 4.25. The van der Waals surface area contributed by atoms with Crippen LogP contribution < -0.4 is 10.6 Å². The maximum Gasteiger partial charge on any atom is 0.255 e. The molecule has 3 rings (SSSR count). The fraction of sp³-hybridized carbons (Fsp3) is 0.0952. The van der Waals surface area contributed by atoms with Gasteiger partial charge in [-0.3, -0.25) is 4.79 Å². The summed E-state index contributed by atoms with van der Waals surface area (Å²) in [6, 6.07) is 20.4. The van der Waals surface area contributed by atoms with Gasteiger partial charge in [0, 0.05) is 23.0 Å². The first-order valence-electron chi connectivity index (χ1n) is 8.21. The molecule has 0 aromatic heterocycles. The summed E-state index contributed by atoms with van der Waals surface area (Å²) in [5.74, 6) is -2.53. The first-order chi connectivity index (χ1) is 12.5. The van der Waals surface area contributed by atoms with E-state index < -0.39 is 17.5 Å². The van der Waals surface area contributed by atoms with Gasteiger partial charge in [-0.05, 0) is 55.0 Å². The van der Waals surface area contributed by atoms with Gasteiger partial charge < -0.3 is 10.6 Å². The molecule has 1 unspecified atom stereocenters. The van der Waals surface area contributed by atoms with Crippen LogP contribution in [0.15, 0.2) is 72.8 Å². The van der Waals surface area contributed by atoms with E-state index in [0.717, 1.165) is 17.8 Å². The van der Waals surface area contributed by atoms with E-state index in [1.165, 1.54) is 11.6 Å². The molecule has 2 N–H and O–H groups in total. The summed E-state index contributed by atoms with van der Waals surface area (Å²) in [5, 5.41) is 6.04. The van der Waals surface area contributed by atoms with Crippen LogP contribution in [-0.4, -0.2) is 5.91 Å². The molecule has 132 valence electrons. The minimum Gasteiger partial charge on any atom is -0.379 e. The Hall–Kier alpha value is -3.21. The standard InChI is InChI=1S/C21H18F2N2O/c1-14(15-5-3-2-4-6-15)24-17-8-10-18(11-9-17)25-21(26)16-7-12-19(22)20(23)13-16/h2-14,24H,1H3,(H,25,26). The molecule has 0 aliphatic heterocycles. The van der Waals surface area contributed by atoms with Gasteiger partial charge in [0.15, 0.2) is 11.6 Å². The average molecular weight is 352 g/mol. The number of halogens is 2. The Bertz CT molecular complexity index is 896. The van der Waals surface area contributed by atoms with Crippen molar-refractivity contribution in [3.8, 4) is 0 Å². The molecule has 0 saturated heterocycles. The van der Waals surface area contributed by atoms with Gasteiger partial charge >= 0.3 is 0 Å². The van der Waals surface area contributed by atoms with Crippen molar-refractivity contribution in [3.63, 3.8) is 0 Å². The van der Waals surface area contributed by atoms with E-state index >= 15 is 0 Å². The summed E-state index contributed by atoms with van der Waals surface area (Å²) in [4.78, 5) is 12.1. The molecule has 5 heteroatoms. The lowest BCUT2D eigenvalue weighted by Crippen LogP contribution is -2.12. The number of carbonyl (C=O) groups excluding carboxylic acids is 1. The molecular weight excluding hydrogens is 334 g/mol. The molecule has 26 heavy (non-hydrogen) atoms. The van der Waals surface area contributed by atoms with E-state index in [0.29, 0.717) is 5.69 Å². The van der Waals surface area contributed by atoms with Crippen molar-refractivity contribution in [2.75, 3.05) is 10.6 Å². The van der Waals surface area contributed by atoms with Crippen LogP contribution in [0.25, 0.3) is 0 Å². The highest BCUT2D eigenvalue weighted by Crippen LogP contribution is 2.21. The van der Waals surface area contributed by atoms with Crippen LogP contribution in [0.2, 0.25) is 0 Å². The number of carbonyl (C=O) groups is 1. The highest BCUT2D eigenvalue weighted by Gasteiger charge is 2.10. The molecule has 3 aromatic rings. The van der Waals surface area contributed by atoms with Gasteiger partial charge in [-0.25, -0.2) is 8.78 Å². The molecule has 0 heterocycles. The zero-order valence-corrected chi connectivity index (χ0v) is 14.2. The molecule has 0 radical (unpaired) electrons. The number of hydrogen-bond donors (Lipinski definition) is 2. The highest BCUT2D eigenvalue weighted by atomic mass is 19.2. The Morgan fingerprint density at radius 1 is 0.846 bits per heavy atom. The van der Waals surface area contributed by atoms with Crippen LogP contribution in [0.5, 0.6) is 0 Å². The molecule has 0 aliphatic rings. The first-order valence-corrected chi connectivity index (χ1v) is 8.21. The first kappa shape index (κ1) is 17.6. The topological polar surface area (TPSA) is 41.1 Å². The highest BCUT2D eigenvalue weighted by molar-refractivity contribution is 6.04. The quantitative estimate of drug-likeness (QED) is 0.646. The lowest BCUT2D eigenvalue weighted by molar-refractivity contribution is 0.102. The van der Waals surface area contributed by atoms with Crippen molar-refractivity contribution < 1.29 is 13.6 Å². The van der Waals surface area contributed by atoms with Crippen molar-refractivity contribution in [2.45, 2.75) is 13.0 Å². The Morgan fingerprint density at radius 3 is 2.15 bits per heavy atom. The van der Waals surface area contributed by atoms with Gasteiger partial charge in [-0.15, -0.1) is 0 Å². The number of rotatable bonds is 5. The van der Waals surface area contributed by atoms with E-state index in [2.05, 4.69) is 17.6 Å². The normalized spacial score (nSPS) is 11.7. The van der Waals surface area contributed by atoms with E-state index in [1.54, 1.807) is 12.1 Å². The van der Waals surface area contributed by atoms with Crippen molar-refractivity contribution in [1.29, 1.82) is 0 Å². The zero-order valence-electron chi connectivity index (χ0n) is 14.2. The summed E-state index contributed by atoms with van der Waals surface area (Å²) < 4.78 is 26.2. The predicted molar refractivity (Wildman–Crippen MR) is 99.2 cm³/mol. The molecule has 0 saturated carbocycles. The smallest absolute Gasteiger partial charge is 0.255 e. The van der Waals surface area contributed by atoms with Gasteiger partial charge in [0.1, 0.15) is 0 Å². The van der Waals surface area contributed by atoms with Gasteiger partial charge in [-0.2, -0.15) is 0 Å². The van der Waals surface area contributed by atoms with Gasteiger partial charge in [0.25, 0.3) is 5.91 Å². The Kier molecular flexibility index (Phi) is 5.27. The number of hydrogen-bond acceptors (Lipinski definition) is 2. The molecule has 3 aromatic carbocycles. The predicted octanol–water partition coefficient (Wildman–Crippen LogP) is 5.39. The monoisotopic (exact) mass is 352 g/mol. The molecule has 0 fully saturated rings. The number of amides is 1. The average Bonchev–Trinajstić information content (AvgIpc) is 2.66. The summed E-state index contributed by atoms with van der Waals surface area (Å²) >= 11 is 0. The Labute approximate surface area is 150 Å². The molecule has 1 atom stereocenters. The van der Waals surface area contributed by atoms with Crippen molar-refractivity contribution in [1.82, 2.24) is 0 Å². The number of benzene rings is 3. The van der Waals surface area contributed by atoms with Crippen LogP contribution in [-0.2, 0) is 0 Å².